The Morgan fingerprint density at radius 1 is 1.41 bits per heavy atom. The maximum atomic E-state index is 13.7. The van der Waals surface area contributed by atoms with E-state index in [-0.39, 0.29) is 17.6 Å². The molecule has 17 heavy (non-hydrogen) atoms. The van der Waals surface area contributed by atoms with E-state index in [2.05, 4.69) is 0 Å². The van der Waals surface area contributed by atoms with Gasteiger partial charge in [-0.2, -0.15) is 0 Å². The van der Waals surface area contributed by atoms with E-state index in [0.29, 0.717) is 6.61 Å². The molecule has 0 radical (unpaired) electrons. The Bertz CT molecular complexity index is 482. The van der Waals surface area contributed by atoms with E-state index in [0.717, 1.165) is 10.4 Å². The van der Waals surface area contributed by atoms with Crippen LogP contribution < -0.4 is 10.5 Å². The molecule has 2 rings (SSSR count). The van der Waals surface area contributed by atoms with Crippen molar-refractivity contribution in [2.45, 2.75) is 19.6 Å². The molecule has 0 spiro atoms. The molecule has 0 amide bonds. The monoisotopic (exact) mass is 251 g/mol. The zero-order chi connectivity index (χ0) is 12.3. The van der Waals surface area contributed by atoms with Gasteiger partial charge in [0.05, 0.1) is 0 Å². The Kier molecular flexibility index (Phi) is 3.76. The highest BCUT2D eigenvalue weighted by Gasteiger charge is 2.07. The zero-order valence-electron chi connectivity index (χ0n) is 9.52. The largest absolute Gasteiger partial charge is 0.485 e. The number of hydrogen-bond acceptors (Lipinski definition) is 3. The van der Waals surface area contributed by atoms with Crippen molar-refractivity contribution in [2.24, 2.45) is 5.73 Å². The van der Waals surface area contributed by atoms with Crippen LogP contribution in [0.25, 0.3) is 0 Å². The van der Waals surface area contributed by atoms with Crippen molar-refractivity contribution in [1.29, 1.82) is 0 Å². The molecule has 2 N–H and O–H groups in total. The number of hydrogen-bond donors (Lipinski definition) is 1. The normalized spacial score (nSPS) is 12.4. The third kappa shape index (κ3) is 3.05. The average molecular weight is 251 g/mol. The summed E-state index contributed by atoms with van der Waals surface area (Å²) in [5.74, 6) is -0.0980. The van der Waals surface area contributed by atoms with Crippen molar-refractivity contribution in [3.63, 3.8) is 0 Å². The van der Waals surface area contributed by atoms with E-state index in [1.165, 1.54) is 6.07 Å². The Morgan fingerprint density at radius 3 is 2.82 bits per heavy atom. The molecular weight excluding hydrogens is 237 g/mol. The van der Waals surface area contributed by atoms with E-state index < -0.39 is 0 Å². The van der Waals surface area contributed by atoms with Crippen LogP contribution >= 0.6 is 11.3 Å². The van der Waals surface area contributed by atoms with Crippen molar-refractivity contribution in [3.8, 4) is 5.75 Å². The van der Waals surface area contributed by atoms with Crippen LogP contribution in [-0.4, -0.2) is 0 Å². The van der Waals surface area contributed by atoms with E-state index in [1.807, 2.05) is 24.4 Å². The molecule has 2 aromatic rings. The van der Waals surface area contributed by atoms with Crippen LogP contribution in [0.1, 0.15) is 23.4 Å². The second-order valence-electron chi connectivity index (χ2n) is 3.85. The summed E-state index contributed by atoms with van der Waals surface area (Å²) in [6, 6.07) is 8.57. The fraction of sp³-hybridized carbons (Fsp3) is 0.231. The summed E-state index contributed by atoms with van der Waals surface area (Å²) in [6.45, 7) is 2.22. The van der Waals surface area contributed by atoms with Gasteiger partial charge < -0.3 is 10.5 Å². The lowest BCUT2D eigenvalue weighted by Crippen LogP contribution is -2.05. The molecule has 1 heterocycles. The lowest BCUT2D eigenvalue weighted by atomic mass is 10.1. The molecule has 90 valence electrons. The highest BCUT2D eigenvalue weighted by Crippen LogP contribution is 2.22. The Labute approximate surface area is 104 Å². The summed E-state index contributed by atoms with van der Waals surface area (Å²) in [5, 5.41) is 1.97. The molecule has 0 fully saturated rings. The topological polar surface area (TPSA) is 35.2 Å². The van der Waals surface area contributed by atoms with Gasteiger partial charge in [-0.05, 0) is 36.1 Å². The molecule has 0 aliphatic heterocycles. The van der Waals surface area contributed by atoms with Crippen LogP contribution in [0.3, 0.4) is 0 Å². The molecule has 0 saturated carbocycles. The predicted molar refractivity (Wildman–Crippen MR) is 67.7 cm³/mol. The Balaban J connectivity index is 2.06. The number of nitrogens with two attached hydrogens (primary N) is 1. The van der Waals surface area contributed by atoms with Crippen molar-refractivity contribution < 1.29 is 9.13 Å². The number of benzene rings is 1. The van der Waals surface area contributed by atoms with Crippen LogP contribution in [-0.2, 0) is 6.61 Å². The molecule has 0 aliphatic rings. The third-order valence-electron chi connectivity index (χ3n) is 2.43. The fourth-order valence-electron chi connectivity index (χ4n) is 1.46. The Morgan fingerprint density at radius 2 is 2.24 bits per heavy atom. The second-order valence-corrected chi connectivity index (χ2v) is 4.88. The minimum atomic E-state index is -0.364. The molecule has 0 unspecified atom stereocenters. The SMILES string of the molecule is C[C@H](N)c1ccc(OCc2cccs2)c(F)c1. The van der Waals surface area contributed by atoms with Gasteiger partial charge in [0.25, 0.3) is 0 Å². The van der Waals surface area contributed by atoms with E-state index in [9.17, 15) is 4.39 Å². The molecule has 1 aromatic heterocycles. The summed E-state index contributed by atoms with van der Waals surface area (Å²) in [7, 11) is 0. The van der Waals surface area contributed by atoms with Gasteiger partial charge in [-0.15, -0.1) is 11.3 Å². The van der Waals surface area contributed by atoms with Gasteiger partial charge in [-0.25, -0.2) is 4.39 Å². The first-order chi connectivity index (χ1) is 8.16. The third-order valence-corrected chi connectivity index (χ3v) is 3.28. The molecule has 4 heteroatoms. The summed E-state index contributed by atoms with van der Waals surface area (Å²) in [6.07, 6.45) is 0. The van der Waals surface area contributed by atoms with Gasteiger partial charge in [-0.3, -0.25) is 0 Å². The minimum Gasteiger partial charge on any atom is -0.485 e. The van der Waals surface area contributed by atoms with Gasteiger partial charge in [0.2, 0.25) is 0 Å². The number of ether oxygens (including phenoxy) is 1. The molecule has 0 saturated heterocycles. The van der Waals surface area contributed by atoms with Gasteiger partial charge >= 0.3 is 0 Å². The lowest BCUT2D eigenvalue weighted by molar-refractivity contribution is 0.293. The van der Waals surface area contributed by atoms with Gasteiger partial charge in [-0.1, -0.05) is 12.1 Å². The summed E-state index contributed by atoms with van der Waals surface area (Å²) < 4.78 is 19.1. The number of thiophene rings is 1. The summed E-state index contributed by atoms with van der Waals surface area (Å²) in [4.78, 5) is 1.07. The van der Waals surface area contributed by atoms with E-state index >= 15 is 0 Å². The van der Waals surface area contributed by atoms with Crippen LogP contribution in [0.15, 0.2) is 35.7 Å². The number of halogens is 1. The van der Waals surface area contributed by atoms with E-state index in [1.54, 1.807) is 23.5 Å². The van der Waals surface area contributed by atoms with Crippen molar-refractivity contribution >= 4 is 11.3 Å². The number of rotatable bonds is 4. The molecule has 1 aromatic carbocycles. The summed E-state index contributed by atoms with van der Waals surface area (Å²) >= 11 is 1.59. The van der Waals surface area contributed by atoms with Crippen molar-refractivity contribution in [1.82, 2.24) is 0 Å². The van der Waals surface area contributed by atoms with Gasteiger partial charge in [0.1, 0.15) is 6.61 Å². The van der Waals surface area contributed by atoms with Crippen LogP contribution in [0.5, 0.6) is 5.75 Å². The first kappa shape index (κ1) is 12.1. The van der Waals surface area contributed by atoms with Crippen LogP contribution in [0.2, 0.25) is 0 Å². The van der Waals surface area contributed by atoms with Gasteiger partial charge in [0.15, 0.2) is 11.6 Å². The quantitative estimate of drug-likeness (QED) is 0.902. The molecular formula is C13H14FNOS. The fourth-order valence-corrected chi connectivity index (χ4v) is 2.08. The van der Waals surface area contributed by atoms with Crippen LogP contribution in [0, 0.1) is 5.82 Å². The first-order valence-electron chi connectivity index (χ1n) is 5.37. The van der Waals surface area contributed by atoms with Crippen molar-refractivity contribution in [2.75, 3.05) is 0 Å². The maximum absolute atomic E-state index is 13.7. The smallest absolute Gasteiger partial charge is 0.165 e. The second kappa shape index (κ2) is 5.29. The highest BCUT2D eigenvalue weighted by atomic mass is 32.1. The standard InChI is InChI=1S/C13H14FNOS/c1-9(15)10-4-5-13(12(14)7-10)16-8-11-3-2-6-17-11/h2-7,9H,8,15H2,1H3/t9-/m0/s1. The molecule has 1 atom stereocenters. The molecule has 0 bridgehead atoms. The molecule has 2 nitrogen and oxygen atoms in total. The minimum absolute atomic E-state index is 0.171. The van der Waals surface area contributed by atoms with Gasteiger partial charge in [0, 0.05) is 10.9 Å². The highest BCUT2D eigenvalue weighted by molar-refractivity contribution is 7.09. The first-order valence-corrected chi connectivity index (χ1v) is 6.25. The zero-order valence-corrected chi connectivity index (χ0v) is 10.3. The average Bonchev–Trinajstić information content (AvgIpc) is 2.80. The van der Waals surface area contributed by atoms with Crippen LogP contribution in [0.4, 0.5) is 4.39 Å². The lowest BCUT2D eigenvalue weighted by Gasteiger charge is -2.09. The summed E-state index contributed by atoms with van der Waals surface area (Å²) in [5.41, 5.74) is 6.45. The molecule has 0 aliphatic carbocycles. The Hall–Kier alpha value is -1.39. The van der Waals surface area contributed by atoms with E-state index in [4.69, 9.17) is 10.5 Å². The predicted octanol–water partition coefficient (Wildman–Crippen LogP) is 3.49. The van der Waals surface area contributed by atoms with Crippen molar-refractivity contribution in [3.05, 3.63) is 52.0 Å². The maximum Gasteiger partial charge on any atom is 0.165 e.